The number of aryl methyl sites for hydroxylation is 2. The predicted molar refractivity (Wildman–Crippen MR) is 106 cm³/mol. The van der Waals surface area contributed by atoms with Gasteiger partial charge >= 0.3 is 0 Å². The van der Waals surface area contributed by atoms with Gasteiger partial charge in [-0.05, 0) is 37.6 Å². The van der Waals surface area contributed by atoms with Gasteiger partial charge in [-0.2, -0.15) is 5.10 Å². The first-order chi connectivity index (χ1) is 13.4. The van der Waals surface area contributed by atoms with E-state index in [0.29, 0.717) is 5.69 Å². The van der Waals surface area contributed by atoms with E-state index in [4.69, 9.17) is 0 Å². The maximum absolute atomic E-state index is 13.0. The van der Waals surface area contributed by atoms with Crippen LogP contribution in [0, 0.1) is 12.7 Å². The molecule has 1 atom stereocenters. The van der Waals surface area contributed by atoms with Gasteiger partial charge in [-0.3, -0.25) is 9.59 Å². The molecule has 0 saturated heterocycles. The molecule has 3 rings (SSSR count). The molecular weight excluding hydrogens is 357 g/mol. The third kappa shape index (κ3) is 4.91. The SMILES string of the molecule is Cc1ccc(-c2ccc(=O)n(CCC(=O)N[C@@H](C)c3ccc(F)cc3)n2)cc1. The maximum Gasteiger partial charge on any atom is 0.266 e. The lowest BCUT2D eigenvalue weighted by molar-refractivity contribution is -0.122. The van der Waals surface area contributed by atoms with Crippen LogP contribution in [0.5, 0.6) is 0 Å². The Labute approximate surface area is 162 Å². The standard InChI is InChI=1S/C22H22FN3O2/c1-15-3-5-18(6-4-15)20-11-12-22(28)26(25-20)14-13-21(27)24-16(2)17-7-9-19(23)10-8-17/h3-12,16H,13-14H2,1-2H3,(H,24,27)/t16-/m0/s1. The molecule has 28 heavy (non-hydrogen) atoms. The number of aromatic nitrogens is 2. The Morgan fingerprint density at radius 1 is 1.07 bits per heavy atom. The Morgan fingerprint density at radius 2 is 1.75 bits per heavy atom. The molecule has 5 nitrogen and oxygen atoms in total. The molecule has 1 N–H and O–H groups in total. The number of hydrogen-bond donors (Lipinski definition) is 1. The van der Waals surface area contributed by atoms with E-state index in [1.807, 2.05) is 38.1 Å². The lowest BCUT2D eigenvalue weighted by Gasteiger charge is -2.14. The van der Waals surface area contributed by atoms with Crippen molar-refractivity contribution in [3.8, 4) is 11.3 Å². The molecule has 2 aromatic carbocycles. The van der Waals surface area contributed by atoms with Crippen molar-refractivity contribution in [3.63, 3.8) is 0 Å². The Balaban J connectivity index is 1.64. The van der Waals surface area contributed by atoms with Gasteiger partial charge in [0.15, 0.2) is 0 Å². The zero-order valence-electron chi connectivity index (χ0n) is 15.9. The second-order valence-corrected chi connectivity index (χ2v) is 6.74. The molecule has 0 unspecified atom stereocenters. The largest absolute Gasteiger partial charge is 0.350 e. The zero-order chi connectivity index (χ0) is 20.1. The highest BCUT2D eigenvalue weighted by molar-refractivity contribution is 5.76. The Morgan fingerprint density at radius 3 is 2.43 bits per heavy atom. The average molecular weight is 379 g/mol. The summed E-state index contributed by atoms with van der Waals surface area (Å²) >= 11 is 0. The topological polar surface area (TPSA) is 64.0 Å². The fourth-order valence-electron chi connectivity index (χ4n) is 2.84. The summed E-state index contributed by atoms with van der Waals surface area (Å²) in [5.74, 6) is -0.521. The van der Waals surface area contributed by atoms with Gasteiger partial charge in [0, 0.05) is 18.1 Å². The Bertz CT molecular complexity index is 1010. The van der Waals surface area contributed by atoms with E-state index in [1.165, 1.54) is 22.9 Å². The molecule has 0 fully saturated rings. The fourth-order valence-corrected chi connectivity index (χ4v) is 2.84. The van der Waals surface area contributed by atoms with E-state index in [-0.39, 0.29) is 36.3 Å². The van der Waals surface area contributed by atoms with Crippen molar-refractivity contribution in [2.45, 2.75) is 32.9 Å². The third-order valence-electron chi connectivity index (χ3n) is 4.51. The maximum atomic E-state index is 13.0. The Hall–Kier alpha value is -3.28. The van der Waals surface area contributed by atoms with Crippen LogP contribution in [0.25, 0.3) is 11.3 Å². The first-order valence-electron chi connectivity index (χ1n) is 9.12. The minimum atomic E-state index is -0.318. The highest BCUT2D eigenvalue weighted by Gasteiger charge is 2.11. The molecule has 1 aromatic heterocycles. The molecule has 144 valence electrons. The Kier molecular flexibility index (Phi) is 5.99. The van der Waals surface area contributed by atoms with Gasteiger partial charge in [0.05, 0.1) is 18.3 Å². The van der Waals surface area contributed by atoms with E-state index in [2.05, 4.69) is 10.4 Å². The first kappa shape index (κ1) is 19.5. The van der Waals surface area contributed by atoms with Gasteiger partial charge in [-0.25, -0.2) is 9.07 Å². The fraction of sp³-hybridized carbons (Fsp3) is 0.227. The summed E-state index contributed by atoms with van der Waals surface area (Å²) in [4.78, 5) is 24.3. The summed E-state index contributed by atoms with van der Waals surface area (Å²) in [6.07, 6.45) is 0.121. The number of amides is 1. The number of benzene rings is 2. The van der Waals surface area contributed by atoms with E-state index < -0.39 is 0 Å². The number of nitrogens with zero attached hydrogens (tertiary/aromatic N) is 2. The molecule has 0 bridgehead atoms. The molecule has 6 heteroatoms. The summed E-state index contributed by atoms with van der Waals surface area (Å²) < 4.78 is 14.3. The van der Waals surface area contributed by atoms with Crippen LogP contribution < -0.4 is 10.9 Å². The van der Waals surface area contributed by atoms with Gasteiger partial charge < -0.3 is 5.32 Å². The third-order valence-corrected chi connectivity index (χ3v) is 4.51. The number of halogens is 1. The lowest BCUT2D eigenvalue weighted by Crippen LogP contribution is -2.30. The minimum absolute atomic E-state index is 0.121. The van der Waals surface area contributed by atoms with Crippen molar-refractivity contribution < 1.29 is 9.18 Å². The van der Waals surface area contributed by atoms with Crippen LogP contribution in [0.15, 0.2) is 65.5 Å². The van der Waals surface area contributed by atoms with Crippen molar-refractivity contribution in [1.29, 1.82) is 0 Å². The molecular formula is C22H22FN3O2. The number of rotatable bonds is 6. The number of nitrogens with one attached hydrogen (secondary N) is 1. The quantitative estimate of drug-likeness (QED) is 0.711. The van der Waals surface area contributed by atoms with Crippen LogP contribution in [-0.2, 0) is 11.3 Å². The molecule has 0 radical (unpaired) electrons. The van der Waals surface area contributed by atoms with Crippen LogP contribution in [-0.4, -0.2) is 15.7 Å². The van der Waals surface area contributed by atoms with Crippen molar-refractivity contribution >= 4 is 5.91 Å². The zero-order valence-corrected chi connectivity index (χ0v) is 15.9. The molecule has 3 aromatic rings. The van der Waals surface area contributed by atoms with Gasteiger partial charge in [-0.15, -0.1) is 0 Å². The molecule has 0 aliphatic carbocycles. The molecule has 0 spiro atoms. The molecule has 1 heterocycles. The minimum Gasteiger partial charge on any atom is -0.350 e. The number of carbonyl (C=O) groups is 1. The van der Waals surface area contributed by atoms with Gasteiger partial charge in [-0.1, -0.05) is 42.0 Å². The number of carbonyl (C=O) groups excluding carboxylic acids is 1. The van der Waals surface area contributed by atoms with E-state index in [1.54, 1.807) is 18.2 Å². The van der Waals surface area contributed by atoms with E-state index in [9.17, 15) is 14.0 Å². The summed E-state index contributed by atoms with van der Waals surface area (Å²) in [7, 11) is 0. The van der Waals surface area contributed by atoms with Crippen molar-refractivity contribution in [1.82, 2.24) is 15.1 Å². The van der Waals surface area contributed by atoms with Gasteiger partial charge in [0.2, 0.25) is 5.91 Å². The molecule has 0 aliphatic heterocycles. The van der Waals surface area contributed by atoms with E-state index in [0.717, 1.165) is 16.7 Å². The van der Waals surface area contributed by atoms with Crippen LogP contribution in [0.3, 0.4) is 0 Å². The highest BCUT2D eigenvalue weighted by Crippen LogP contribution is 2.16. The van der Waals surface area contributed by atoms with Gasteiger partial charge in [0.25, 0.3) is 5.56 Å². The van der Waals surface area contributed by atoms with Crippen LogP contribution >= 0.6 is 0 Å². The molecule has 1 amide bonds. The van der Waals surface area contributed by atoms with Crippen LogP contribution in [0.1, 0.15) is 30.5 Å². The summed E-state index contributed by atoms with van der Waals surface area (Å²) in [6.45, 7) is 4.01. The second kappa shape index (κ2) is 8.61. The molecule has 0 aliphatic rings. The van der Waals surface area contributed by atoms with E-state index >= 15 is 0 Å². The lowest BCUT2D eigenvalue weighted by atomic mass is 10.1. The van der Waals surface area contributed by atoms with Crippen molar-refractivity contribution in [3.05, 3.63) is 88.0 Å². The summed E-state index contributed by atoms with van der Waals surface area (Å²) in [5.41, 5.74) is 3.29. The van der Waals surface area contributed by atoms with Crippen LogP contribution in [0.4, 0.5) is 4.39 Å². The first-order valence-corrected chi connectivity index (χ1v) is 9.12. The predicted octanol–water partition coefficient (Wildman–Crippen LogP) is 3.63. The second-order valence-electron chi connectivity index (χ2n) is 6.74. The van der Waals surface area contributed by atoms with Crippen molar-refractivity contribution in [2.24, 2.45) is 0 Å². The highest BCUT2D eigenvalue weighted by atomic mass is 19.1. The normalized spacial score (nSPS) is 11.8. The molecule has 0 saturated carbocycles. The summed E-state index contributed by atoms with van der Waals surface area (Å²) in [5, 5.41) is 7.23. The van der Waals surface area contributed by atoms with Gasteiger partial charge in [0.1, 0.15) is 5.82 Å². The summed E-state index contributed by atoms with van der Waals surface area (Å²) in [6, 6.07) is 16.7. The number of hydrogen-bond acceptors (Lipinski definition) is 3. The monoisotopic (exact) mass is 379 g/mol. The van der Waals surface area contributed by atoms with Crippen molar-refractivity contribution in [2.75, 3.05) is 0 Å². The van der Waals surface area contributed by atoms with Crippen LogP contribution in [0.2, 0.25) is 0 Å². The smallest absolute Gasteiger partial charge is 0.266 e. The average Bonchev–Trinajstić information content (AvgIpc) is 2.68.